The van der Waals surface area contributed by atoms with E-state index in [-0.39, 0.29) is 24.3 Å². The van der Waals surface area contributed by atoms with Crippen molar-refractivity contribution in [1.82, 2.24) is 15.5 Å². The first-order valence-electron chi connectivity index (χ1n) is 8.04. The molecule has 0 saturated carbocycles. The maximum atomic E-state index is 12.9. The van der Waals surface area contributed by atoms with Crippen LogP contribution in [0.2, 0.25) is 0 Å². The number of carbonyl (C=O) groups excluding carboxylic acids is 3. The summed E-state index contributed by atoms with van der Waals surface area (Å²) in [6, 6.07) is 8.44. The van der Waals surface area contributed by atoms with Crippen molar-refractivity contribution in [3.8, 4) is 0 Å². The molecule has 0 bridgehead atoms. The Hall–Kier alpha value is -2.21. The van der Waals surface area contributed by atoms with Gasteiger partial charge in [0.05, 0.1) is 12.6 Å². The van der Waals surface area contributed by atoms with Crippen molar-refractivity contribution in [3.05, 3.63) is 35.9 Å². The predicted octanol–water partition coefficient (Wildman–Crippen LogP) is 1.16. The highest BCUT2D eigenvalue weighted by Gasteiger charge is 2.51. The maximum Gasteiger partial charge on any atom is 0.325 e. The van der Waals surface area contributed by atoms with E-state index < -0.39 is 11.6 Å². The predicted molar refractivity (Wildman–Crippen MR) is 84.7 cm³/mol. The molecule has 2 unspecified atom stereocenters. The quantitative estimate of drug-likeness (QED) is 0.799. The van der Waals surface area contributed by atoms with Gasteiger partial charge in [-0.05, 0) is 31.4 Å². The van der Waals surface area contributed by atoms with E-state index in [0.29, 0.717) is 6.42 Å². The second kappa shape index (κ2) is 6.12. The number of ketones is 1. The van der Waals surface area contributed by atoms with Crippen LogP contribution in [0.5, 0.6) is 0 Å². The van der Waals surface area contributed by atoms with E-state index in [2.05, 4.69) is 10.6 Å². The number of nitrogens with zero attached hydrogens (tertiary/aromatic N) is 1. The van der Waals surface area contributed by atoms with E-state index in [1.54, 1.807) is 0 Å². The normalized spacial score (nSPS) is 27.3. The summed E-state index contributed by atoms with van der Waals surface area (Å²) in [4.78, 5) is 38.5. The van der Waals surface area contributed by atoms with Gasteiger partial charge in [-0.1, -0.05) is 37.3 Å². The van der Waals surface area contributed by atoms with E-state index in [1.807, 2.05) is 37.3 Å². The molecule has 6 nitrogen and oxygen atoms in total. The van der Waals surface area contributed by atoms with E-state index in [0.717, 1.165) is 29.8 Å². The van der Waals surface area contributed by atoms with Gasteiger partial charge in [0.15, 0.2) is 5.78 Å². The van der Waals surface area contributed by atoms with Crippen molar-refractivity contribution in [1.29, 1.82) is 0 Å². The van der Waals surface area contributed by atoms with E-state index >= 15 is 0 Å². The number of imide groups is 1. The zero-order chi connectivity index (χ0) is 16.4. The molecule has 3 amide bonds. The topological polar surface area (TPSA) is 78.5 Å². The van der Waals surface area contributed by atoms with Gasteiger partial charge in [0.2, 0.25) is 0 Å². The van der Waals surface area contributed by atoms with Gasteiger partial charge in [0.1, 0.15) is 5.54 Å². The summed E-state index contributed by atoms with van der Waals surface area (Å²) in [5.41, 5.74) is -0.323. The standard InChI is InChI=1S/C17H21N3O3/c1-2-17(12-7-4-3-5-8-12)15(22)20(16(23)19-17)11-14(21)13-9-6-10-18-13/h3-5,7-8,13,18H,2,6,9-11H2,1H3,(H,19,23). The minimum absolute atomic E-state index is 0.106. The molecule has 23 heavy (non-hydrogen) atoms. The smallest absolute Gasteiger partial charge is 0.319 e. The van der Waals surface area contributed by atoms with E-state index in [4.69, 9.17) is 0 Å². The molecule has 2 atom stereocenters. The number of carbonyl (C=O) groups is 3. The van der Waals surface area contributed by atoms with Crippen LogP contribution in [-0.2, 0) is 15.1 Å². The molecule has 0 aromatic heterocycles. The van der Waals surface area contributed by atoms with Gasteiger partial charge < -0.3 is 10.6 Å². The lowest BCUT2D eigenvalue weighted by atomic mass is 9.87. The number of benzene rings is 1. The number of urea groups is 1. The Labute approximate surface area is 135 Å². The fourth-order valence-electron chi connectivity index (χ4n) is 3.36. The van der Waals surface area contributed by atoms with Crippen LogP contribution in [0, 0.1) is 0 Å². The molecule has 6 heteroatoms. The SMILES string of the molecule is CCC1(c2ccccc2)NC(=O)N(CC(=O)C2CCCN2)C1=O. The molecule has 1 aromatic rings. The largest absolute Gasteiger partial charge is 0.325 e. The molecule has 2 aliphatic heterocycles. The molecule has 2 saturated heterocycles. The molecule has 0 aliphatic carbocycles. The molecule has 3 rings (SSSR count). The summed E-state index contributed by atoms with van der Waals surface area (Å²) in [7, 11) is 0. The van der Waals surface area contributed by atoms with Gasteiger partial charge in [-0.25, -0.2) is 4.79 Å². The Kier molecular flexibility index (Phi) is 4.17. The Balaban J connectivity index is 1.82. The van der Waals surface area contributed by atoms with Gasteiger partial charge in [-0.3, -0.25) is 14.5 Å². The van der Waals surface area contributed by atoms with Crippen LogP contribution < -0.4 is 10.6 Å². The molecule has 122 valence electrons. The lowest BCUT2D eigenvalue weighted by Gasteiger charge is -2.25. The molecule has 2 fully saturated rings. The molecule has 2 aliphatic rings. The monoisotopic (exact) mass is 315 g/mol. The van der Waals surface area contributed by atoms with E-state index in [1.165, 1.54) is 0 Å². The van der Waals surface area contributed by atoms with Crippen LogP contribution in [0.1, 0.15) is 31.7 Å². The number of nitrogens with one attached hydrogen (secondary N) is 2. The lowest BCUT2D eigenvalue weighted by Crippen LogP contribution is -2.45. The number of hydrogen-bond acceptors (Lipinski definition) is 4. The second-order valence-corrected chi connectivity index (χ2v) is 6.06. The average molecular weight is 315 g/mol. The van der Waals surface area contributed by atoms with Crippen molar-refractivity contribution in [3.63, 3.8) is 0 Å². The van der Waals surface area contributed by atoms with Crippen LogP contribution >= 0.6 is 0 Å². The Morgan fingerprint density at radius 1 is 1.30 bits per heavy atom. The highest BCUT2D eigenvalue weighted by atomic mass is 16.2. The zero-order valence-corrected chi connectivity index (χ0v) is 13.2. The molecule has 0 spiro atoms. The first-order valence-corrected chi connectivity index (χ1v) is 8.04. The average Bonchev–Trinajstić information content (AvgIpc) is 3.19. The van der Waals surface area contributed by atoms with Crippen LogP contribution in [0.15, 0.2) is 30.3 Å². The van der Waals surface area contributed by atoms with Gasteiger partial charge in [-0.15, -0.1) is 0 Å². The summed E-state index contributed by atoms with van der Waals surface area (Å²) in [5, 5.41) is 5.90. The van der Waals surface area contributed by atoms with Crippen LogP contribution in [-0.4, -0.2) is 41.8 Å². The Morgan fingerprint density at radius 3 is 2.65 bits per heavy atom. The molecule has 2 N–H and O–H groups in total. The summed E-state index contributed by atoms with van der Waals surface area (Å²) in [5.74, 6) is -0.450. The Bertz CT molecular complexity index is 625. The molecular weight excluding hydrogens is 294 g/mol. The Morgan fingerprint density at radius 2 is 2.04 bits per heavy atom. The van der Waals surface area contributed by atoms with Crippen LogP contribution in [0.3, 0.4) is 0 Å². The summed E-state index contributed by atoms with van der Waals surface area (Å²) < 4.78 is 0. The van der Waals surface area contributed by atoms with Crippen molar-refractivity contribution in [2.24, 2.45) is 0 Å². The van der Waals surface area contributed by atoms with Crippen LogP contribution in [0.25, 0.3) is 0 Å². The minimum atomic E-state index is -1.07. The molecule has 0 radical (unpaired) electrons. The van der Waals surface area contributed by atoms with Crippen molar-refractivity contribution in [2.45, 2.75) is 37.8 Å². The lowest BCUT2D eigenvalue weighted by molar-refractivity contribution is -0.135. The van der Waals surface area contributed by atoms with Gasteiger partial charge in [0.25, 0.3) is 5.91 Å². The van der Waals surface area contributed by atoms with E-state index in [9.17, 15) is 14.4 Å². The van der Waals surface area contributed by atoms with Crippen LogP contribution in [0.4, 0.5) is 4.79 Å². The van der Waals surface area contributed by atoms with Gasteiger partial charge in [0, 0.05) is 0 Å². The molecule has 1 aromatic carbocycles. The van der Waals surface area contributed by atoms with Crippen molar-refractivity contribution >= 4 is 17.7 Å². The first kappa shape index (κ1) is 15.7. The summed E-state index contributed by atoms with van der Waals surface area (Å²) >= 11 is 0. The van der Waals surface area contributed by atoms with Crippen molar-refractivity contribution in [2.75, 3.05) is 13.1 Å². The number of hydrogen-bond donors (Lipinski definition) is 2. The number of rotatable bonds is 5. The van der Waals surface area contributed by atoms with Gasteiger partial charge >= 0.3 is 6.03 Å². The summed E-state index contributed by atoms with van der Waals surface area (Å²) in [6.45, 7) is 2.49. The van der Waals surface area contributed by atoms with Gasteiger partial charge in [-0.2, -0.15) is 0 Å². The third-order valence-electron chi connectivity index (χ3n) is 4.74. The number of Topliss-reactive ketones (excluding diaryl/α,β-unsaturated/α-hetero) is 1. The highest BCUT2D eigenvalue weighted by Crippen LogP contribution is 2.32. The zero-order valence-electron chi connectivity index (χ0n) is 13.2. The molecular formula is C17H21N3O3. The van der Waals surface area contributed by atoms with Crippen molar-refractivity contribution < 1.29 is 14.4 Å². The molecule has 2 heterocycles. The highest BCUT2D eigenvalue weighted by molar-refractivity contribution is 6.09. The fraction of sp³-hybridized carbons (Fsp3) is 0.471. The second-order valence-electron chi connectivity index (χ2n) is 6.06. The third kappa shape index (κ3) is 2.63. The third-order valence-corrected chi connectivity index (χ3v) is 4.74. The number of amides is 3. The summed E-state index contributed by atoms with van der Waals surface area (Å²) in [6.07, 6.45) is 2.15. The minimum Gasteiger partial charge on any atom is -0.319 e. The first-order chi connectivity index (χ1) is 11.1. The fourth-order valence-corrected chi connectivity index (χ4v) is 3.36. The maximum absolute atomic E-state index is 12.9.